The third-order valence-corrected chi connectivity index (χ3v) is 6.11. The van der Waals surface area contributed by atoms with E-state index in [1.165, 1.54) is 12.1 Å². The molecule has 0 spiro atoms. The highest BCUT2D eigenvalue weighted by molar-refractivity contribution is 6.00. The molecule has 2 atom stereocenters. The standard InChI is InChI=1S/C23H30FN3O3/c1-15-12-26(13-16(2)29-15)14-18-8-10-27(11-9-18)23(28)21-17(3)30-25-22(21)19-4-6-20(24)7-5-19/h4-7,15-16,18H,8-14H2,1-3H3. The minimum absolute atomic E-state index is 0.0554. The van der Waals surface area contributed by atoms with Crippen LogP contribution in [0.15, 0.2) is 28.8 Å². The van der Waals surface area contributed by atoms with Crippen molar-refractivity contribution in [2.24, 2.45) is 5.92 Å². The van der Waals surface area contributed by atoms with E-state index in [0.717, 1.165) is 45.6 Å². The van der Waals surface area contributed by atoms with Crippen molar-refractivity contribution in [3.8, 4) is 11.3 Å². The minimum atomic E-state index is -0.321. The molecule has 4 rings (SSSR count). The molecule has 1 amide bonds. The summed E-state index contributed by atoms with van der Waals surface area (Å²) in [5.41, 5.74) is 1.65. The van der Waals surface area contributed by atoms with E-state index in [-0.39, 0.29) is 23.9 Å². The minimum Gasteiger partial charge on any atom is -0.373 e. The van der Waals surface area contributed by atoms with Gasteiger partial charge < -0.3 is 14.2 Å². The summed E-state index contributed by atoms with van der Waals surface area (Å²) in [6.07, 6.45) is 2.53. The van der Waals surface area contributed by atoms with Crippen LogP contribution in [0.3, 0.4) is 0 Å². The summed E-state index contributed by atoms with van der Waals surface area (Å²) in [5.74, 6) is 0.711. The largest absolute Gasteiger partial charge is 0.373 e. The summed E-state index contributed by atoms with van der Waals surface area (Å²) in [6, 6.07) is 5.98. The van der Waals surface area contributed by atoms with Crippen LogP contribution in [-0.2, 0) is 4.74 Å². The first-order valence-corrected chi connectivity index (χ1v) is 10.8. The number of hydrogen-bond acceptors (Lipinski definition) is 5. The number of amides is 1. The molecule has 0 bridgehead atoms. The Hall–Kier alpha value is -2.25. The Labute approximate surface area is 177 Å². The van der Waals surface area contributed by atoms with Crippen LogP contribution in [0.4, 0.5) is 4.39 Å². The molecule has 2 aliphatic rings. The van der Waals surface area contributed by atoms with E-state index in [1.807, 2.05) is 4.90 Å². The Balaban J connectivity index is 1.39. The molecule has 1 aromatic carbocycles. The number of halogens is 1. The predicted octanol–water partition coefficient (Wildman–Crippen LogP) is 3.75. The smallest absolute Gasteiger partial charge is 0.259 e. The number of morpholine rings is 1. The van der Waals surface area contributed by atoms with Gasteiger partial charge in [0.2, 0.25) is 0 Å². The van der Waals surface area contributed by atoms with Crippen LogP contribution >= 0.6 is 0 Å². The molecular formula is C23H30FN3O3. The van der Waals surface area contributed by atoms with Crippen molar-refractivity contribution in [2.75, 3.05) is 32.7 Å². The van der Waals surface area contributed by atoms with Gasteiger partial charge in [-0.3, -0.25) is 9.69 Å². The maximum absolute atomic E-state index is 13.3. The van der Waals surface area contributed by atoms with Crippen LogP contribution in [0.25, 0.3) is 11.3 Å². The third-order valence-electron chi connectivity index (χ3n) is 6.11. The zero-order valence-electron chi connectivity index (χ0n) is 17.9. The van der Waals surface area contributed by atoms with Crippen LogP contribution in [0.5, 0.6) is 0 Å². The highest BCUT2D eigenvalue weighted by Crippen LogP contribution is 2.29. The fourth-order valence-corrected chi connectivity index (χ4v) is 4.70. The number of piperidine rings is 1. The molecule has 2 unspecified atom stereocenters. The second kappa shape index (κ2) is 8.86. The topological polar surface area (TPSA) is 58.8 Å². The van der Waals surface area contributed by atoms with Crippen molar-refractivity contribution in [1.82, 2.24) is 15.0 Å². The second-order valence-electron chi connectivity index (χ2n) is 8.68. The summed E-state index contributed by atoms with van der Waals surface area (Å²) in [4.78, 5) is 17.6. The summed E-state index contributed by atoms with van der Waals surface area (Å²) in [6.45, 7) is 10.5. The fraction of sp³-hybridized carbons (Fsp3) is 0.565. The van der Waals surface area contributed by atoms with Crippen LogP contribution in [0.1, 0.15) is 42.8 Å². The molecule has 162 valence electrons. The summed E-state index contributed by atoms with van der Waals surface area (Å²) in [7, 11) is 0. The number of nitrogens with zero attached hydrogens (tertiary/aromatic N) is 3. The zero-order valence-corrected chi connectivity index (χ0v) is 17.9. The van der Waals surface area contributed by atoms with Gasteiger partial charge in [-0.1, -0.05) is 5.16 Å². The normalized spacial score (nSPS) is 23.7. The summed E-state index contributed by atoms with van der Waals surface area (Å²) < 4.78 is 24.4. The number of carbonyl (C=O) groups is 1. The Morgan fingerprint density at radius 2 is 1.77 bits per heavy atom. The lowest BCUT2D eigenvalue weighted by molar-refractivity contribution is -0.0728. The molecule has 30 heavy (non-hydrogen) atoms. The van der Waals surface area contributed by atoms with Crippen molar-refractivity contribution in [2.45, 2.75) is 45.8 Å². The second-order valence-corrected chi connectivity index (χ2v) is 8.68. The lowest BCUT2D eigenvalue weighted by Crippen LogP contribution is -2.48. The van der Waals surface area contributed by atoms with Gasteiger partial charge in [-0.2, -0.15) is 0 Å². The number of aromatic nitrogens is 1. The van der Waals surface area contributed by atoms with Gasteiger partial charge in [-0.25, -0.2) is 4.39 Å². The van der Waals surface area contributed by atoms with E-state index in [1.54, 1.807) is 19.1 Å². The Morgan fingerprint density at radius 1 is 1.13 bits per heavy atom. The van der Waals surface area contributed by atoms with Crippen molar-refractivity contribution < 1.29 is 18.4 Å². The SMILES string of the molecule is Cc1onc(-c2ccc(F)cc2)c1C(=O)N1CCC(CN2CC(C)OC(C)C2)CC1. The first kappa shape index (κ1) is 21.0. The van der Waals surface area contributed by atoms with Gasteiger partial charge in [0, 0.05) is 38.3 Å². The molecule has 2 aliphatic heterocycles. The highest BCUT2D eigenvalue weighted by Gasteiger charge is 2.31. The molecule has 2 fully saturated rings. The van der Waals surface area contributed by atoms with E-state index < -0.39 is 0 Å². The number of benzene rings is 1. The van der Waals surface area contributed by atoms with Gasteiger partial charge in [0.1, 0.15) is 22.8 Å². The number of hydrogen-bond donors (Lipinski definition) is 0. The highest BCUT2D eigenvalue weighted by atomic mass is 19.1. The molecule has 0 aliphatic carbocycles. The molecule has 2 saturated heterocycles. The average molecular weight is 416 g/mol. The van der Waals surface area contributed by atoms with Crippen LogP contribution < -0.4 is 0 Å². The Morgan fingerprint density at radius 3 is 2.40 bits per heavy atom. The molecule has 2 aromatic rings. The number of likely N-dealkylation sites (tertiary alicyclic amines) is 1. The molecule has 0 radical (unpaired) electrons. The third kappa shape index (κ3) is 4.57. The quantitative estimate of drug-likeness (QED) is 0.761. The van der Waals surface area contributed by atoms with Crippen molar-refractivity contribution in [3.63, 3.8) is 0 Å². The van der Waals surface area contributed by atoms with Gasteiger partial charge in [0.05, 0.1) is 12.2 Å². The van der Waals surface area contributed by atoms with Crippen molar-refractivity contribution >= 4 is 5.91 Å². The van der Waals surface area contributed by atoms with Crippen LogP contribution in [0.2, 0.25) is 0 Å². The number of ether oxygens (including phenoxy) is 1. The lowest BCUT2D eigenvalue weighted by Gasteiger charge is -2.39. The molecular weight excluding hydrogens is 385 g/mol. The van der Waals surface area contributed by atoms with E-state index in [0.29, 0.717) is 28.5 Å². The summed E-state index contributed by atoms with van der Waals surface area (Å²) in [5, 5.41) is 4.07. The molecule has 0 saturated carbocycles. The van der Waals surface area contributed by atoms with E-state index in [4.69, 9.17) is 9.26 Å². The van der Waals surface area contributed by atoms with Crippen LogP contribution in [-0.4, -0.2) is 65.8 Å². The molecule has 3 heterocycles. The maximum atomic E-state index is 13.3. The van der Waals surface area contributed by atoms with Crippen molar-refractivity contribution in [3.05, 3.63) is 41.4 Å². The maximum Gasteiger partial charge on any atom is 0.259 e. The molecule has 0 N–H and O–H groups in total. The fourth-order valence-electron chi connectivity index (χ4n) is 4.70. The molecule has 7 heteroatoms. The van der Waals surface area contributed by atoms with Gasteiger partial charge in [-0.05, 0) is 63.8 Å². The van der Waals surface area contributed by atoms with E-state index >= 15 is 0 Å². The van der Waals surface area contributed by atoms with Gasteiger partial charge in [0.15, 0.2) is 0 Å². The number of aryl methyl sites for hydroxylation is 1. The Bertz CT molecular complexity index is 864. The zero-order chi connectivity index (χ0) is 21.3. The van der Waals surface area contributed by atoms with E-state index in [2.05, 4.69) is 23.9 Å². The van der Waals surface area contributed by atoms with Crippen LogP contribution in [0, 0.1) is 18.7 Å². The first-order chi connectivity index (χ1) is 14.4. The van der Waals surface area contributed by atoms with E-state index in [9.17, 15) is 9.18 Å². The molecule has 1 aromatic heterocycles. The monoisotopic (exact) mass is 415 g/mol. The number of rotatable bonds is 4. The number of carbonyl (C=O) groups excluding carboxylic acids is 1. The predicted molar refractivity (Wildman–Crippen MR) is 112 cm³/mol. The Kier molecular flexibility index (Phi) is 6.20. The average Bonchev–Trinajstić information content (AvgIpc) is 3.09. The van der Waals surface area contributed by atoms with Gasteiger partial charge in [0.25, 0.3) is 5.91 Å². The summed E-state index contributed by atoms with van der Waals surface area (Å²) >= 11 is 0. The molecule has 6 nitrogen and oxygen atoms in total. The van der Waals surface area contributed by atoms with Crippen molar-refractivity contribution in [1.29, 1.82) is 0 Å². The lowest BCUT2D eigenvalue weighted by atomic mass is 9.94. The first-order valence-electron chi connectivity index (χ1n) is 10.8. The van der Waals surface area contributed by atoms with Gasteiger partial charge in [-0.15, -0.1) is 0 Å². The van der Waals surface area contributed by atoms with Gasteiger partial charge >= 0.3 is 0 Å².